The number of halogens is 1. The van der Waals surface area contributed by atoms with Crippen LogP contribution >= 0.6 is 15.9 Å². The third-order valence-electron chi connectivity index (χ3n) is 2.03. The molecule has 0 fully saturated rings. The third-order valence-corrected chi connectivity index (χ3v) is 2.83. The van der Waals surface area contributed by atoms with Gasteiger partial charge in [-0.1, -0.05) is 0 Å². The van der Waals surface area contributed by atoms with Gasteiger partial charge < -0.3 is 4.84 Å². The molecule has 0 saturated carbocycles. The zero-order valence-electron chi connectivity index (χ0n) is 8.47. The van der Waals surface area contributed by atoms with Crippen LogP contribution in [0.25, 0.3) is 0 Å². The van der Waals surface area contributed by atoms with Crippen LogP contribution in [0, 0.1) is 10.1 Å². The highest BCUT2D eigenvalue weighted by Crippen LogP contribution is 2.10. The Morgan fingerprint density at radius 3 is 2.44 bits per heavy atom. The van der Waals surface area contributed by atoms with Crippen molar-refractivity contribution in [2.45, 2.75) is 6.61 Å². The summed E-state index contributed by atoms with van der Waals surface area (Å²) in [4.78, 5) is 37.1. The zero-order valence-corrected chi connectivity index (χ0v) is 10.1. The summed E-state index contributed by atoms with van der Waals surface area (Å²) in [5.74, 6) is 0. The Labute approximate surface area is 97.3 Å². The van der Waals surface area contributed by atoms with E-state index in [2.05, 4.69) is 20.8 Å². The summed E-state index contributed by atoms with van der Waals surface area (Å²) in [5.41, 5.74) is -1.02. The quantitative estimate of drug-likeness (QED) is 0.556. The summed E-state index contributed by atoms with van der Waals surface area (Å²) in [5, 5.41) is 9.04. The Bertz CT molecular complexity index is 509. The van der Waals surface area contributed by atoms with E-state index in [1.807, 2.05) is 0 Å². The molecule has 88 valence electrons. The molecular weight excluding hydrogens is 286 g/mol. The first-order chi connectivity index (χ1) is 7.36. The first kappa shape index (κ1) is 12.4. The van der Waals surface area contributed by atoms with E-state index in [9.17, 15) is 19.7 Å². The minimum absolute atomic E-state index is 0.0685. The average Bonchev–Trinajstić information content (AvgIpc) is 2.23. The molecule has 0 aliphatic carbocycles. The molecule has 0 N–H and O–H groups in total. The molecule has 9 heteroatoms. The van der Waals surface area contributed by atoms with Crippen molar-refractivity contribution in [3.05, 3.63) is 41.1 Å². The van der Waals surface area contributed by atoms with Gasteiger partial charge in [0.15, 0.2) is 0 Å². The van der Waals surface area contributed by atoms with Crippen molar-refractivity contribution in [3.8, 4) is 0 Å². The molecule has 0 bridgehead atoms. The predicted octanol–water partition coefficient (Wildman–Crippen LogP) is -0.445. The third kappa shape index (κ3) is 2.13. The molecule has 1 aromatic rings. The van der Waals surface area contributed by atoms with Gasteiger partial charge in [-0.2, -0.15) is 0 Å². The van der Waals surface area contributed by atoms with Crippen LogP contribution in [0.15, 0.2) is 14.1 Å². The van der Waals surface area contributed by atoms with E-state index in [4.69, 9.17) is 0 Å². The lowest BCUT2D eigenvalue weighted by Crippen LogP contribution is -2.39. The smallest absolute Gasteiger partial charge is 0.308 e. The normalized spacial score (nSPS) is 10.2. The van der Waals surface area contributed by atoms with Crippen LogP contribution in [0.3, 0.4) is 0 Å². The van der Waals surface area contributed by atoms with Crippen LogP contribution in [-0.4, -0.2) is 14.2 Å². The van der Waals surface area contributed by atoms with Crippen molar-refractivity contribution in [2.75, 3.05) is 0 Å². The second kappa shape index (κ2) is 4.47. The summed E-state index contributed by atoms with van der Waals surface area (Å²) < 4.78 is 2.06. The molecule has 0 atom stereocenters. The predicted molar refractivity (Wildman–Crippen MR) is 56.4 cm³/mol. The van der Waals surface area contributed by atoms with E-state index >= 15 is 0 Å². The van der Waals surface area contributed by atoms with Crippen molar-refractivity contribution >= 4 is 15.9 Å². The maximum absolute atomic E-state index is 11.5. The topological polar surface area (TPSA) is 96.4 Å². The van der Waals surface area contributed by atoms with Gasteiger partial charge in [0.1, 0.15) is 11.1 Å². The zero-order chi connectivity index (χ0) is 12.5. The Morgan fingerprint density at radius 2 is 1.94 bits per heavy atom. The molecule has 8 nitrogen and oxygen atoms in total. The number of hydrogen-bond donors (Lipinski definition) is 0. The minimum Gasteiger partial charge on any atom is -0.308 e. The molecular formula is C7H8BrN3O5. The molecule has 0 saturated heterocycles. The van der Waals surface area contributed by atoms with Gasteiger partial charge in [-0.15, -0.1) is 10.1 Å². The summed E-state index contributed by atoms with van der Waals surface area (Å²) in [6, 6.07) is 0. The molecule has 16 heavy (non-hydrogen) atoms. The van der Waals surface area contributed by atoms with Crippen molar-refractivity contribution in [2.24, 2.45) is 14.1 Å². The van der Waals surface area contributed by atoms with Crippen LogP contribution in [-0.2, 0) is 25.5 Å². The van der Waals surface area contributed by atoms with Gasteiger partial charge in [-0.25, -0.2) is 4.79 Å². The van der Waals surface area contributed by atoms with E-state index in [0.717, 1.165) is 9.13 Å². The number of hydrogen-bond acceptors (Lipinski definition) is 5. The molecule has 1 aromatic heterocycles. The number of nitrogens with zero attached hydrogens (tertiary/aromatic N) is 3. The van der Waals surface area contributed by atoms with Gasteiger partial charge in [0.25, 0.3) is 10.6 Å². The maximum Gasteiger partial charge on any atom is 0.330 e. The molecule has 0 unspecified atom stereocenters. The molecule has 1 rings (SSSR count). The van der Waals surface area contributed by atoms with Crippen LogP contribution in [0.4, 0.5) is 0 Å². The second-order valence-electron chi connectivity index (χ2n) is 2.96. The fraction of sp³-hybridized carbons (Fsp3) is 0.429. The van der Waals surface area contributed by atoms with Gasteiger partial charge >= 0.3 is 5.69 Å². The summed E-state index contributed by atoms with van der Waals surface area (Å²) >= 11 is 2.97. The Kier molecular flexibility index (Phi) is 3.48. The van der Waals surface area contributed by atoms with Crippen LogP contribution in [0.5, 0.6) is 0 Å². The Balaban J connectivity index is 3.35. The fourth-order valence-corrected chi connectivity index (χ4v) is 1.77. The number of aromatic nitrogens is 2. The van der Waals surface area contributed by atoms with E-state index in [1.54, 1.807) is 0 Å². The van der Waals surface area contributed by atoms with E-state index < -0.39 is 22.9 Å². The molecule has 0 amide bonds. The van der Waals surface area contributed by atoms with E-state index in [1.165, 1.54) is 14.1 Å². The molecule has 0 spiro atoms. The van der Waals surface area contributed by atoms with Crippen molar-refractivity contribution in [1.29, 1.82) is 0 Å². The molecule has 0 aliphatic rings. The van der Waals surface area contributed by atoms with Gasteiger partial charge in [-0.3, -0.25) is 13.9 Å². The lowest BCUT2D eigenvalue weighted by atomic mass is 10.4. The first-order valence-corrected chi connectivity index (χ1v) is 4.87. The highest BCUT2D eigenvalue weighted by Gasteiger charge is 2.14. The Hall–Kier alpha value is -1.64. The molecule has 0 aliphatic heterocycles. The first-order valence-electron chi connectivity index (χ1n) is 4.08. The monoisotopic (exact) mass is 293 g/mol. The summed E-state index contributed by atoms with van der Waals surface area (Å²) in [6.45, 7) is -0.463. The Morgan fingerprint density at radius 1 is 1.38 bits per heavy atom. The fourth-order valence-electron chi connectivity index (χ4n) is 1.12. The van der Waals surface area contributed by atoms with Crippen LogP contribution in [0.1, 0.15) is 5.69 Å². The molecule has 0 aromatic carbocycles. The van der Waals surface area contributed by atoms with Crippen LogP contribution in [0.2, 0.25) is 0 Å². The van der Waals surface area contributed by atoms with E-state index in [-0.39, 0.29) is 10.2 Å². The van der Waals surface area contributed by atoms with E-state index in [0.29, 0.717) is 0 Å². The lowest BCUT2D eigenvalue weighted by Gasteiger charge is -2.10. The number of rotatable bonds is 3. The largest absolute Gasteiger partial charge is 0.330 e. The highest BCUT2D eigenvalue weighted by molar-refractivity contribution is 9.10. The lowest BCUT2D eigenvalue weighted by molar-refractivity contribution is -0.763. The second-order valence-corrected chi connectivity index (χ2v) is 3.76. The maximum atomic E-state index is 11.5. The SMILES string of the molecule is Cn1c(CO[N+](=O)[O-])c(Br)c(=O)n(C)c1=O. The van der Waals surface area contributed by atoms with Crippen molar-refractivity contribution < 1.29 is 9.92 Å². The van der Waals surface area contributed by atoms with Gasteiger partial charge in [-0.05, 0) is 15.9 Å². The molecule has 0 radical (unpaired) electrons. The van der Waals surface area contributed by atoms with Crippen molar-refractivity contribution in [1.82, 2.24) is 9.13 Å². The summed E-state index contributed by atoms with van der Waals surface area (Å²) in [7, 11) is 2.71. The van der Waals surface area contributed by atoms with Gasteiger partial charge in [0.2, 0.25) is 0 Å². The highest BCUT2D eigenvalue weighted by atomic mass is 79.9. The summed E-state index contributed by atoms with van der Waals surface area (Å²) in [6.07, 6.45) is 0. The van der Waals surface area contributed by atoms with Crippen LogP contribution < -0.4 is 11.2 Å². The molecule has 1 heterocycles. The van der Waals surface area contributed by atoms with Gasteiger partial charge in [0, 0.05) is 14.1 Å². The van der Waals surface area contributed by atoms with Crippen molar-refractivity contribution in [3.63, 3.8) is 0 Å². The van der Waals surface area contributed by atoms with Gasteiger partial charge in [0.05, 0.1) is 5.69 Å². The minimum atomic E-state index is -0.992. The standard InChI is InChI=1S/C7H8BrN3O5/c1-9-4(3-16-11(14)15)5(8)6(12)10(2)7(9)13/h3H2,1-2H3. The average molecular weight is 294 g/mol.